The Labute approximate surface area is 79.9 Å². The minimum absolute atomic E-state index is 0.214. The molecule has 0 bridgehead atoms. The molecule has 0 saturated heterocycles. The Kier molecular flexibility index (Phi) is 2.10. The van der Waals surface area contributed by atoms with Crippen LogP contribution in [-0.4, -0.2) is 16.1 Å². The van der Waals surface area contributed by atoms with Gasteiger partial charge in [-0.3, -0.25) is 0 Å². The first-order valence-electron chi connectivity index (χ1n) is 3.94. The molecule has 0 saturated carbocycles. The molecule has 13 heavy (non-hydrogen) atoms. The molecule has 0 unspecified atom stereocenters. The van der Waals surface area contributed by atoms with E-state index in [1.807, 2.05) is 0 Å². The van der Waals surface area contributed by atoms with E-state index < -0.39 is 0 Å². The fourth-order valence-electron chi connectivity index (χ4n) is 1.25. The molecule has 1 aromatic heterocycles. The molecule has 1 aromatic carbocycles. The number of fused-ring (bicyclic) bond motifs is 1. The highest BCUT2D eigenvalue weighted by molar-refractivity contribution is 6.18. The topological polar surface area (TPSA) is 46.3 Å². The summed E-state index contributed by atoms with van der Waals surface area (Å²) in [5.74, 6) is 0.712. The second-order valence-corrected chi connectivity index (χ2v) is 3.13. The van der Waals surface area contributed by atoms with E-state index in [-0.39, 0.29) is 5.75 Å². The first-order valence-corrected chi connectivity index (χ1v) is 4.48. The lowest BCUT2D eigenvalue weighted by Crippen LogP contribution is -1.85. The van der Waals surface area contributed by atoms with Crippen LogP contribution >= 0.6 is 11.6 Å². The molecule has 4 heteroatoms. The highest BCUT2D eigenvalue weighted by atomic mass is 35.5. The molecule has 0 fully saturated rings. The number of alkyl halides is 1. The molecule has 1 heterocycles. The predicted molar refractivity (Wildman–Crippen MR) is 50.1 cm³/mol. The number of halogens is 1. The van der Waals surface area contributed by atoms with Crippen molar-refractivity contribution in [1.82, 2.24) is 5.16 Å². The molecule has 0 atom stereocenters. The van der Waals surface area contributed by atoms with E-state index in [0.717, 1.165) is 11.1 Å². The van der Waals surface area contributed by atoms with Crippen LogP contribution in [0.1, 0.15) is 5.69 Å². The van der Waals surface area contributed by atoms with Crippen LogP contribution in [0.3, 0.4) is 0 Å². The van der Waals surface area contributed by atoms with Gasteiger partial charge in [-0.2, -0.15) is 0 Å². The molecule has 2 aromatic rings. The standard InChI is InChI=1S/C9H8ClNO2/c10-4-3-8-7-5-6(12)1-2-9(7)13-11-8/h1-2,5,12H,3-4H2. The predicted octanol–water partition coefficient (Wildman–Crippen LogP) is 2.31. The van der Waals surface area contributed by atoms with Crippen molar-refractivity contribution in [2.24, 2.45) is 0 Å². The van der Waals surface area contributed by atoms with Gasteiger partial charge in [0, 0.05) is 17.7 Å². The summed E-state index contributed by atoms with van der Waals surface area (Å²) in [7, 11) is 0. The van der Waals surface area contributed by atoms with Gasteiger partial charge in [-0.25, -0.2) is 0 Å². The molecule has 1 N–H and O–H groups in total. The van der Waals surface area contributed by atoms with Crippen LogP contribution in [0.4, 0.5) is 0 Å². The van der Waals surface area contributed by atoms with Crippen molar-refractivity contribution in [2.45, 2.75) is 6.42 Å². The largest absolute Gasteiger partial charge is 0.508 e. The highest BCUT2D eigenvalue weighted by Gasteiger charge is 2.07. The van der Waals surface area contributed by atoms with Crippen LogP contribution < -0.4 is 0 Å². The van der Waals surface area contributed by atoms with Crippen molar-refractivity contribution < 1.29 is 9.63 Å². The first kappa shape index (κ1) is 8.38. The third-order valence-electron chi connectivity index (χ3n) is 1.86. The molecule has 3 nitrogen and oxygen atoms in total. The van der Waals surface area contributed by atoms with Gasteiger partial charge in [0.1, 0.15) is 5.75 Å². The van der Waals surface area contributed by atoms with Crippen molar-refractivity contribution >= 4 is 22.6 Å². The number of aryl methyl sites for hydroxylation is 1. The van der Waals surface area contributed by atoms with Crippen LogP contribution in [0.5, 0.6) is 5.75 Å². The van der Waals surface area contributed by atoms with E-state index in [1.165, 1.54) is 0 Å². The third kappa shape index (κ3) is 1.47. The normalized spacial score (nSPS) is 10.8. The third-order valence-corrected chi connectivity index (χ3v) is 2.05. The molecule has 0 aliphatic rings. The number of hydrogen-bond donors (Lipinski definition) is 1. The minimum atomic E-state index is 0.214. The van der Waals surface area contributed by atoms with Crippen molar-refractivity contribution in [3.8, 4) is 5.75 Å². The van der Waals surface area contributed by atoms with Gasteiger partial charge in [0.05, 0.1) is 5.69 Å². The maximum atomic E-state index is 9.24. The van der Waals surface area contributed by atoms with Crippen LogP contribution in [-0.2, 0) is 6.42 Å². The lowest BCUT2D eigenvalue weighted by Gasteiger charge is -1.91. The summed E-state index contributed by atoms with van der Waals surface area (Å²) >= 11 is 5.59. The lowest BCUT2D eigenvalue weighted by molar-refractivity contribution is 0.446. The van der Waals surface area contributed by atoms with Crippen molar-refractivity contribution in [3.63, 3.8) is 0 Å². The number of hydrogen-bond acceptors (Lipinski definition) is 3. The zero-order chi connectivity index (χ0) is 9.26. The van der Waals surface area contributed by atoms with Gasteiger partial charge in [0.25, 0.3) is 0 Å². The molecule has 0 spiro atoms. The smallest absolute Gasteiger partial charge is 0.167 e. The zero-order valence-corrected chi connectivity index (χ0v) is 7.58. The second kappa shape index (κ2) is 3.26. The van der Waals surface area contributed by atoms with E-state index in [4.69, 9.17) is 16.1 Å². The molecule has 0 radical (unpaired) electrons. The Balaban J connectivity index is 2.58. The van der Waals surface area contributed by atoms with Crippen molar-refractivity contribution in [3.05, 3.63) is 23.9 Å². The zero-order valence-electron chi connectivity index (χ0n) is 6.83. The van der Waals surface area contributed by atoms with E-state index in [2.05, 4.69) is 5.16 Å². The average Bonchev–Trinajstić information content (AvgIpc) is 2.49. The summed E-state index contributed by atoms with van der Waals surface area (Å²) in [5.41, 5.74) is 1.47. The summed E-state index contributed by atoms with van der Waals surface area (Å²) in [6, 6.07) is 4.89. The first-order chi connectivity index (χ1) is 6.31. The van der Waals surface area contributed by atoms with Gasteiger partial charge in [-0.1, -0.05) is 5.16 Å². The van der Waals surface area contributed by atoms with Crippen LogP contribution in [0.15, 0.2) is 22.7 Å². The summed E-state index contributed by atoms with van der Waals surface area (Å²) in [6.07, 6.45) is 0.651. The van der Waals surface area contributed by atoms with E-state index in [0.29, 0.717) is 17.9 Å². The van der Waals surface area contributed by atoms with Gasteiger partial charge >= 0.3 is 0 Å². The highest BCUT2D eigenvalue weighted by Crippen LogP contribution is 2.23. The molecule has 68 valence electrons. The van der Waals surface area contributed by atoms with Gasteiger partial charge in [-0.05, 0) is 18.2 Å². The number of rotatable bonds is 2. The summed E-state index contributed by atoms with van der Waals surface area (Å²) in [6.45, 7) is 0. The molecular weight excluding hydrogens is 190 g/mol. The number of nitrogens with zero attached hydrogens (tertiary/aromatic N) is 1. The molecular formula is C9H8ClNO2. The van der Waals surface area contributed by atoms with Crippen LogP contribution in [0.2, 0.25) is 0 Å². The Morgan fingerprint density at radius 1 is 1.46 bits per heavy atom. The SMILES string of the molecule is Oc1ccc2onc(CCCl)c2c1. The number of phenols is 1. The maximum Gasteiger partial charge on any atom is 0.167 e. The second-order valence-electron chi connectivity index (χ2n) is 2.75. The minimum Gasteiger partial charge on any atom is -0.508 e. The van der Waals surface area contributed by atoms with Crippen molar-refractivity contribution in [1.29, 1.82) is 0 Å². The number of benzene rings is 1. The Hall–Kier alpha value is -1.22. The average molecular weight is 198 g/mol. The van der Waals surface area contributed by atoms with E-state index >= 15 is 0 Å². The number of aromatic hydroxyl groups is 1. The van der Waals surface area contributed by atoms with Gasteiger partial charge in [0.2, 0.25) is 0 Å². The quantitative estimate of drug-likeness (QED) is 0.752. The van der Waals surface area contributed by atoms with E-state index in [1.54, 1.807) is 18.2 Å². The fourth-order valence-corrected chi connectivity index (χ4v) is 1.43. The summed E-state index contributed by atoms with van der Waals surface area (Å²) < 4.78 is 5.04. The fraction of sp³-hybridized carbons (Fsp3) is 0.222. The van der Waals surface area contributed by atoms with Gasteiger partial charge < -0.3 is 9.63 Å². The number of aromatic nitrogens is 1. The molecule has 0 aliphatic heterocycles. The van der Waals surface area contributed by atoms with Crippen LogP contribution in [0.25, 0.3) is 11.0 Å². The number of phenolic OH excluding ortho intramolecular Hbond substituents is 1. The Morgan fingerprint density at radius 3 is 3.08 bits per heavy atom. The van der Waals surface area contributed by atoms with E-state index in [9.17, 15) is 5.11 Å². The Morgan fingerprint density at radius 2 is 2.31 bits per heavy atom. The lowest BCUT2D eigenvalue weighted by atomic mass is 10.2. The monoisotopic (exact) mass is 197 g/mol. The van der Waals surface area contributed by atoms with Crippen molar-refractivity contribution in [2.75, 3.05) is 5.88 Å². The maximum absolute atomic E-state index is 9.24. The molecule has 2 rings (SSSR count). The molecule has 0 aliphatic carbocycles. The molecule has 0 amide bonds. The van der Waals surface area contributed by atoms with Gasteiger partial charge in [0.15, 0.2) is 5.58 Å². The Bertz CT molecular complexity index is 424. The van der Waals surface area contributed by atoms with Crippen LogP contribution in [0, 0.1) is 0 Å². The summed E-state index contributed by atoms with van der Waals surface area (Å²) in [5, 5.41) is 13.9. The summed E-state index contributed by atoms with van der Waals surface area (Å²) in [4.78, 5) is 0. The van der Waals surface area contributed by atoms with Gasteiger partial charge in [-0.15, -0.1) is 11.6 Å².